The van der Waals surface area contributed by atoms with Crippen molar-refractivity contribution in [1.29, 1.82) is 0 Å². The van der Waals surface area contributed by atoms with Gasteiger partial charge in [-0.2, -0.15) is 0 Å². The van der Waals surface area contributed by atoms with Gasteiger partial charge in [-0.1, -0.05) is 36.4 Å². The SMILES string of the molecule is Cc1ncccc1OC(C(=O)NCc1ccccc1C(N)=O)c1ccccc1N. The quantitative estimate of drug-likeness (QED) is 0.535. The summed E-state index contributed by atoms with van der Waals surface area (Å²) in [6.45, 7) is 1.92. The number of aryl methyl sites for hydroxylation is 1. The van der Waals surface area contributed by atoms with Crippen LogP contribution in [0.15, 0.2) is 66.9 Å². The largest absolute Gasteiger partial charge is 0.474 e. The lowest BCUT2D eigenvalue weighted by Gasteiger charge is -2.21. The number of nitrogens with zero attached hydrogens (tertiary/aromatic N) is 1. The number of pyridine rings is 1. The minimum Gasteiger partial charge on any atom is -0.474 e. The third kappa shape index (κ3) is 4.70. The molecule has 7 nitrogen and oxygen atoms in total. The van der Waals surface area contributed by atoms with E-state index in [1.165, 1.54) is 0 Å². The number of ether oxygens (including phenoxy) is 1. The van der Waals surface area contributed by atoms with Gasteiger partial charge in [0.15, 0.2) is 0 Å². The molecule has 5 N–H and O–H groups in total. The summed E-state index contributed by atoms with van der Waals surface area (Å²) in [4.78, 5) is 28.8. The summed E-state index contributed by atoms with van der Waals surface area (Å²) in [5, 5.41) is 2.81. The summed E-state index contributed by atoms with van der Waals surface area (Å²) in [6, 6.07) is 17.3. The average Bonchev–Trinajstić information content (AvgIpc) is 2.72. The Morgan fingerprint density at radius 1 is 1.07 bits per heavy atom. The van der Waals surface area contributed by atoms with Gasteiger partial charge in [0, 0.05) is 29.6 Å². The Hall–Kier alpha value is -3.87. The van der Waals surface area contributed by atoms with E-state index in [1.807, 2.05) is 0 Å². The molecular formula is C22H22N4O3. The molecule has 29 heavy (non-hydrogen) atoms. The first-order valence-electron chi connectivity index (χ1n) is 9.05. The second-order valence-electron chi connectivity index (χ2n) is 6.45. The zero-order valence-corrected chi connectivity index (χ0v) is 16.0. The number of primary amides is 1. The fourth-order valence-corrected chi connectivity index (χ4v) is 2.92. The second kappa shape index (κ2) is 8.88. The van der Waals surface area contributed by atoms with Gasteiger partial charge in [-0.05, 0) is 36.8 Å². The highest BCUT2D eigenvalue weighted by molar-refractivity contribution is 5.94. The molecule has 3 rings (SSSR count). The molecule has 2 amide bonds. The van der Waals surface area contributed by atoms with Crippen molar-refractivity contribution in [3.05, 3.63) is 89.2 Å². The summed E-state index contributed by atoms with van der Waals surface area (Å²) in [5.41, 5.74) is 14.1. The molecule has 0 aliphatic carbocycles. The number of para-hydroxylation sites is 1. The van der Waals surface area contributed by atoms with E-state index in [4.69, 9.17) is 16.2 Å². The van der Waals surface area contributed by atoms with Gasteiger partial charge in [0.05, 0.1) is 5.69 Å². The summed E-state index contributed by atoms with van der Waals surface area (Å²) in [7, 11) is 0. The standard InChI is InChI=1S/C22H22N4O3/c1-14-19(11-6-12-25-14)29-20(17-9-4-5-10-18(17)23)22(28)26-13-15-7-2-3-8-16(15)21(24)27/h2-12,20H,13,23H2,1H3,(H2,24,27)(H,26,28). The molecule has 148 valence electrons. The fourth-order valence-electron chi connectivity index (χ4n) is 2.92. The van der Waals surface area contributed by atoms with Crippen LogP contribution in [0.4, 0.5) is 5.69 Å². The van der Waals surface area contributed by atoms with Crippen molar-refractivity contribution in [2.24, 2.45) is 5.73 Å². The highest BCUT2D eigenvalue weighted by Crippen LogP contribution is 2.27. The van der Waals surface area contributed by atoms with Crippen LogP contribution in [0.2, 0.25) is 0 Å². The van der Waals surface area contributed by atoms with E-state index in [0.717, 1.165) is 0 Å². The monoisotopic (exact) mass is 390 g/mol. The smallest absolute Gasteiger partial charge is 0.266 e. The van der Waals surface area contributed by atoms with E-state index in [0.29, 0.717) is 33.8 Å². The van der Waals surface area contributed by atoms with E-state index in [2.05, 4.69) is 10.3 Å². The number of nitrogen functional groups attached to an aromatic ring is 1. The number of carbonyl (C=O) groups is 2. The zero-order chi connectivity index (χ0) is 20.8. The first kappa shape index (κ1) is 19.9. The summed E-state index contributed by atoms with van der Waals surface area (Å²) in [6.07, 6.45) is 0.661. The van der Waals surface area contributed by atoms with Crippen LogP contribution < -0.4 is 21.5 Å². The highest BCUT2D eigenvalue weighted by Gasteiger charge is 2.25. The number of nitrogens with one attached hydrogen (secondary N) is 1. The maximum Gasteiger partial charge on any atom is 0.266 e. The number of rotatable bonds is 7. The van der Waals surface area contributed by atoms with E-state index in [9.17, 15) is 9.59 Å². The first-order valence-corrected chi connectivity index (χ1v) is 9.05. The van der Waals surface area contributed by atoms with Crippen molar-refractivity contribution in [2.45, 2.75) is 19.6 Å². The van der Waals surface area contributed by atoms with Gasteiger partial charge >= 0.3 is 0 Å². The van der Waals surface area contributed by atoms with Crippen molar-refractivity contribution in [1.82, 2.24) is 10.3 Å². The predicted octanol–water partition coefficient (Wildman–Crippen LogP) is 2.51. The Kier molecular flexibility index (Phi) is 6.09. The van der Waals surface area contributed by atoms with Crippen LogP contribution >= 0.6 is 0 Å². The van der Waals surface area contributed by atoms with Crippen LogP contribution in [-0.2, 0) is 11.3 Å². The Bertz CT molecular complexity index is 1040. The molecule has 0 bridgehead atoms. The van der Waals surface area contributed by atoms with E-state index < -0.39 is 17.9 Å². The molecule has 1 atom stereocenters. The molecule has 0 radical (unpaired) electrons. The molecule has 7 heteroatoms. The van der Waals surface area contributed by atoms with Gasteiger partial charge in [0.25, 0.3) is 5.91 Å². The predicted molar refractivity (Wildman–Crippen MR) is 110 cm³/mol. The normalized spacial score (nSPS) is 11.5. The minimum atomic E-state index is -0.986. The minimum absolute atomic E-state index is 0.122. The number of carbonyl (C=O) groups excluding carboxylic acids is 2. The number of anilines is 1. The highest BCUT2D eigenvalue weighted by atomic mass is 16.5. The van der Waals surface area contributed by atoms with Crippen LogP contribution in [0.1, 0.15) is 33.3 Å². The van der Waals surface area contributed by atoms with Gasteiger partial charge in [-0.15, -0.1) is 0 Å². The summed E-state index contributed by atoms with van der Waals surface area (Å²) < 4.78 is 5.99. The molecule has 0 aliphatic heterocycles. The van der Waals surface area contributed by atoms with Crippen molar-refractivity contribution in [2.75, 3.05) is 5.73 Å². The van der Waals surface area contributed by atoms with Crippen molar-refractivity contribution < 1.29 is 14.3 Å². The van der Waals surface area contributed by atoms with E-state index in [-0.39, 0.29) is 6.54 Å². The Morgan fingerprint density at radius 3 is 2.52 bits per heavy atom. The molecule has 1 unspecified atom stereocenters. The summed E-state index contributed by atoms with van der Waals surface area (Å²) >= 11 is 0. The Morgan fingerprint density at radius 2 is 1.79 bits per heavy atom. The molecule has 0 fully saturated rings. The molecule has 0 spiro atoms. The van der Waals surface area contributed by atoms with Crippen molar-refractivity contribution >= 4 is 17.5 Å². The molecule has 0 saturated carbocycles. The van der Waals surface area contributed by atoms with Crippen molar-refractivity contribution in [3.63, 3.8) is 0 Å². The lowest BCUT2D eigenvalue weighted by molar-refractivity contribution is -0.128. The first-order chi connectivity index (χ1) is 14.0. The maximum absolute atomic E-state index is 13.0. The number of aromatic nitrogens is 1. The number of amides is 2. The molecule has 3 aromatic rings. The molecule has 1 aromatic heterocycles. The topological polar surface area (TPSA) is 120 Å². The maximum atomic E-state index is 13.0. The van der Waals surface area contributed by atoms with Crippen LogP contribution in [0.3, 0.4) is 0 Å². The number of benzene rings is 2. The second-order valence-corrected chi connectivity index (χ2v) is 6.45. The molecular weight excluding hydrogens is 368 g/mol. The van der Waals surface area contributed by atoms with Crippen LogP contribution in [0.5, 0.6) is 5.75 Å². The summed E-state index contributed by atoms with van der Waals surface area (Å²) in [5.74, 6) is -0.472. The van der Waals surface area contributed by atoms with Crippen molar-refractivity contribution in [3.8, 4) is 5.75 Å². The Balaban J connectivity index is 1.86. The molecule has 1 heterocycles. The van der Waals surface area contributed by atoms with Gasteiger partial charge in [0.2, 0.25) is 12.0 Å². The zero-order valence-electron chi connectivity index (χ0n) is 16.0. The van der Waals surface area contributed by atoms with Crippen LogP contribution in [0, 0.1) is 6.92 Å². The number of nitrogens with two attached hydrogens (primary N) is 2. The van der Waals surface area contributed by atoms with Gasteiger partial charge in [-0.3, -0.25) is 14.6 Å². The Labute approximate surface area is 168 Å². The van der Waals surface area contributed by atoms with E-state index in [1.54, 1.807) is 73.8 Å². The lowest BCUT2D eigenvalue weighted by Crippen LogP contribution is -2.33. The average molecular weight is 390 g/mol. The van der Waals surface area contributed by atoms with Crippen LogP contribution in [-0.4, -0.2) is 16.8 Å². The van der Waals surface area contributed by atoms with Crippen LogP contribution in [0.25, 0.3) is 0 Å². The van der Waals surface area contributed by atoms with Gasteiger partial charge in [-0.25, -0.2) is 0 Å². The lowest BCUT2D eigenvalue weighted by atomic mass is 10.0. The molecule has 0 saturated heterocycles. The van der Waals surface area contributed by atoms with E-state index >= 15 is 0 Å². The number of hydrogen-bond donors (Lipinski definition) is 3. The number of hydrogen-bond acceptors (Lipinski definition) is 5. The van der Waals surface area contributed by atoms with Gasteiger partial charge < -0.3 is 21.5 Å². The molecule has 0 aliphatic rings. The third-order valence-electron chi connectivity index (χ3n) is 4.46. The van der Waals surface area contributed by atoms with Gasteiger partial charge in [0.1, 0.15) is 5.75 Å². The third-order valence-corrected chi connectivity index (χ3v) is 4.46. The fraction of sp³-hybridized carbons (Fsp3) is 0.136. The molecule has 2 aromatic carbocycles.